The van der Waals surface area contributed by atoms with Crippen LogP contribution in [0.5, 0.6) is 0 Å². The minimum absolute atomic E-state index is 0.119. The summed E-state index contributed by atoms with van der Waals surface area (Å²) in [6, 6.07) is 7.47. The Kier molecular flexibility index (Phi) is 5.99. The van der Waals surface area contributed by atoms with Crippen molar-refractivity contribution in [3.8, 4) is 0 Å². The highest BCUT2D eigenvalue weighted by atomic mass is 32.1. The summed E-state index contributed by atoms with van der Waals surface area (Å²) in [7, 11) is 0. The lowest BCUT2D eigenvalue weighted by molar-refractivity contribution is -0.148. The van der Waals surface area contributed by atoms with Crippen molar-refractivity contribution in [2.45, 2.75) is 26.7 Å². The molecule has 1 aromatic carbocycles. The van der Waals surface area contributed by atoms with E-state index in [1.807, 2.05) is 31.2 Å². The third kappa shape index (κ3) is 4.43. The predicted molar refractivity (Wildman–Crippen MR) is 119 cm³/mol. The van der Waals surface area contributed by atoms with Crippen LogP contribution in [0.15, 0.2) is 29.1 Å². The number of H-pyrrole nitrogens is 1. The molecule has 1 atom stereocenters. The van der Waals surface area contributed by atoms with E-state index in [2.05, 4.69) is 24.6 Å². The Hall–Kier alpha value is -3.27. The number of rotatable bonds is 5. The van der Waals surface area contributed by atoms with Crippen molar-refractivity contribution in [1.29, 1.82) is 0 Å². The molecule has 0 aliphatic carbocycles. The number of piperidine rings is 1. The number of nitrogens with one attached hydrogen (secondary N) is 2. The van der Waals surface area contributed by atoms with Gasteiger partial charge in [0.05, 0.1) is 12.5 Å². The fourth-order valence-corrected chi connectivity index (χ4v) is 4.43. The third-order valence-corrected chi connectivity index (χ3v) is 6.03. The van der Waals surface area contributed by atoms with Gasteiger partial charge in [0.25, 0.3) is 11.5 Å². The van der Waals surface area contributed by atoms with Gasteiger partial charge in [-0.1, -0.05) is 0 Å². The lowest BCUT2D eigenvalue weighted by Gasteiger charge is -2.33. The van der Waals surface area contributed by atoms with Crippen LogP contribution in [-0.4, -0.2) is 45.9 Å². The van der Waals surface area contributed by atoms with Gasteiger partial charge in [-0.15, -0.1) is 0 Å². The second kappa shape index (κ2) is 8.84. The summed E-state index contributed by atoms with van der Waals surface area (Å²) in [6.45, 7) is 5.36. The Balaban J connectivity index is 1.46. The van der Waals surface area contributed by atoms with Crippen LogP contribution in [0.3, 0.4) is 0 Å². The van der Waals surface area contributed by atoms with E-state index >= 15 is 0 Å². The highest BCUT2D eigenvalue weighted by Gasteiger charge is 2.27. The van der Waals surface area contributed by atoms with Gasteiger partial charge in [0, 0.05) is 24.5 Å². The molecule has 0 spiro atoms. The van der Waals surface area contributed by atoms with Crippen molar-refractivity contribution in [2.75, 3.05) is 29.9 Å². The fourth-order valence-electron chi connectivity index (χ4n) is 3.71. The molecule has 1 amide bonds. The largest absolute Gasteiger partial charge is 0.466 e. The second-order valence-corrected chi connectivity index (χ2v) is 8.17. The maximum atomic E-state index is 12.7. The van der Waals surface area contributed by atoms with Crippen molar-refractivity contribution in [2.24, 2.45) is 5.92 Å². The van der Waals surface area contributed by atoms with Gasteiger partial charge in [0.1, 0.15) is 16.2 Å². The molecule has 1 aliphatic rings. The van der Waals surface area contributed by atoms with Gasteiger partial charge >= 0.3 is 5.97 Å². The average Bonchev–Trinajstić information content (AvgIpc) is 3.19. The van der Waals surface area contributed by atoms with E-state index in [1.165, 1.54) is 0 Å². The molecule has 31 heavy (non-hydrogen) atoms. The molecular formula is C21H23N5O4S. The molecule has 10 heteroatoms. The summed E-state index contributed by atoms with van der Waals surface area (Å²) in [5.74, 6) is -0.195. The lowest BCUT2D eigenvalue weighted by Crippen LogP contribution is -2.39. The standard InChI is InChI=1S/C21H23N5O4S/c1-3-30-21(29)13-5-4-10-26(11-13)15-8-6-14(7-9-15)24-20(28)18-16-17(25-31-18)19(27)23-12(2)22-16/h6-9,13H,3-5,10-11H2,1-2H3,(H,24,28)(H,22,23,27)/t13-/m1/s1. The number of ether oxygens (including phenoxy) is 1. The zero-order valence-corrected chi connectivity index (χ0v) is 18.1. The summed E-state index contributed by atoms with van der Waals surface area (Å²) in [4.78, 5) is 46.1. The van der Waals surface area contributed by atoms with Crippen LogP contribution in [-0.2, 0) is 9.53 Å². The van der Waals surface area contributed by atoms with E-state index in [0.717, 1.165) is 36.6 Å². The number of fused-ring (bicyclic) bond motifs is 1. The Bertz CT molecular complexity index is 1170. The summed E-state index contributed by atoms with van der Waals surface area (Å²) in [5.41, 5.74) is 1.72. The molecule has 0 saturated carbocycles. The number of nitrogens with zero attached hydrogens (tertiary/aromatic N) is 3. The second-order valence-electron chi connectivity index (χ2n) is 7.40. The van der Waals surface area contributed by atoms with Crippen LogP contribution in [0.25, 0.3) is 11.0 Å². The molecule has 0 radical (unpaired) electrons. The van der Waals surface area contributed by atoms with Crippen LogP contribution in [0.1, 0.15) is 35.3 Å². The van der Waals surface area contributed by atoms with Gasteiger partial charge in [-0.3, -0.25) is 14.4 Å². The normalized spacial score (nSPS) is 16.3. The molecule has 3 heterocycles. The first-order valence-corrected chi connectivity index (χ1v) is 10.9. The van der Waals surface area contributed by atoms with E-state index in [-0.39, 0.29) is 28.9 Å². The topological polar surface area (TPSA) is 117 Å². The number of aryl methyl sites for hydroxylation is 1. The van der Waals surface area contributed by atoms with Crippen molar-refractivity contribution < 1.29 is 14.3 Å². The Morgan fingerprint density at radius 2 is 2.06 bits per heavy atom. The molecule has 1 saturated heterocycles. The number of amides is 1. The molecular weight excluding hydrogens is 418 g/mol. The zero-order valence-electron chi connectivity index (χ0n) is 17.3. The molecule has 0 unspecified atom stereocenters. The first-order chi connectivity index (χ1) is 15.0. The minimum atomic E-state index is -0.363. The van der Waals surface area contributed by atoms with Gasteiger partial charge in [-0.2, -0.15) is 4.37 Å². The molecule has 0 bridgehead atoms. The van der Waals surface area contributed by atoms with Crippen LogP contribution >= 0.6 is 11.5 Å². The number of esters is 1. The van der Waals surface area contributed by atoms with Gasteiger partial charge in [0.15, 0.2) is 5.52 Å². The Morgan fingerprint density at radius 3 is 2.81 bits per heavy atom. The third-order valence-electron chi connectivity index (χ3n) is 5.19. The molecule has 4 rings (SSSR count). The number of carbonyl (C=O) groups excluding carboxylic acids is 2. The van der Waals surface area contributed by atoms with Crippen molar-refractivity contribution in [3.63, 3.8) is 0 Å². The van der Waals surface area contributed by atoms with E-state index in [0.29, 0.717) is 35.1 Å². The van der Waals surface area contributed by atoms with Crippen molar-refractivity contribution in [3.05, 3.63) is 45.3 Å². The molecule has 162 valence electrons. The number of anilines is 2. The monoisotopic (exact) mass is 441 g/mol. The number of benzene rings is 1. The van der Waals surface area contributed by atoms with Crippen LogP contribution in [0.4, 0.5) is 11.4 Å². The summed E-state index contributed by atoms with van der Waals surface area (Å²) in [5, 5.41) is 2.84. The summed E-state index contributed by atoms with van der Waals surface area (Å²) in [6.07, 6.45) is 1.76. The number of carbonyl (C=O) groups is 2. The number of hydrogen-bond donors (Lipinski definition) is 2. The minimum Gasteiger partial charge on any atom is -0.466 e. The quantitative estimate of drug-likeness (QED) is 0.585. The smallest absolute Gasteiger partial charge is 0.310 e. The molecule has 1 fully saturated rings. The predicted octanol–water partition coefficient (Wildman–Crippen LogP) is 2.72. The first kappa shape index (κ1) is 21.0. The van der Waals surface area contributed by atoms with E-state index in [4.69, 9.17) is 4.74 Å². The number of aromatic amines is 1. The van der Waals surface area contributed by atoms with Gasteiger partial charge < -0.3 is 19.9 Å². The van der Waals surface area contributed by atoms with Crippen LogP contribution in [0, 0.1) is 12.8 Å². The molecule has 1 aliphatic heterocycles. The maximum Gasteiger partial charge on any atom is 0.310 e. The van der Waals surface area contributed by atoms with Gasteiger partial charge in [0.2, 0.25) is 0 Å². The molecule has 3 aromatic rings. The summed E-state index contributed by atoms with van der Waals surface area (Å²) >= 11 is 0.949. The van der Waals surface area contributed by atoms with Gasteiger partial charge in [-0.05, 0) is 62.5 Å². The van der Waals surface area contributed by atoms with E-state index < -0.39 is 0 Å². The maximum absolute atomic E-state index is 12.7. The number of aromatic nitrogens is 3. The average molecular weight is 442 g/mol. The fraction of sp³-hybridized carbons (Fsp3) is 0.381. The van der Waals surface area contributed by atoms with Gasteiger partial charge in [-0.25, -0.2) is 4.98 Å². The Labute approximate surface area is 182 Å². The molecule has 9 nitrogen and oxygen atoms in total. The molecule has 2 aromatic heterocycles. The Morgan fingerprint density at radius 1 is 1.29 bits per heavy atom. The van der Waals surface area contributed by atoms with Crippen molar-refractivity contribution >= 4 is 45.8 Å². The highest BCUT2D eigenvalue weighted by Crippen LogP contribution is 2.26. The van der Waals surface area contributed by atoms with E-state index in [1.54, 1.807) is 6.92 Å². The van der Waals surface area contributed by atoms with E-state index in [9.17, 15) is 14.4 Å². The zero-order chi connectivity index (χ0) is 22.0. The van der Waals surface area contributed by atoms with Crippen LogP contribution in [0.2, 0.25) is 0 Å². The molecule has 2 N–H and O–H groups in total. The number of hydrogen-bond acceptors (Lipinski definition) is 8. The van der Waals surface area contributed by atoms with Crippen LogP contribution < -0.4 is 15.8 Å². The summed E-state index contributed by atoms with van der Waals surface area (Å²) < 4.78 is 9.23. The van der Waals surface area contributed by atoms with Crippen molar-refractivity contribution in [1.82, 2.24) is 14.3 Å². The SMILES string of the molecule is CCOC(=O)[C@@H]1CCCN(c2ccc(NC(=O)c3snc4c(=O)[nH]c(C)nc34)cc2)C1. The lowest BCUT2D eigenvalue weighted by atomic mass is 9.97. The first-order valence-electron chi connectivity index (χ1n) is 10.2. The highest BCUT2D eigenvalue weighted by molar-refractivity contribution is 7.09.